The third kappa shape index (κ3) is 4.12. The summed E-state index contributed by atoms with van der Waals surface area (Å²) in [5.74, 6) is 0.322. The number of hydrogen-bond acceptors (Lipinski definition) is 4. The van der Waals surface area contributed by atoms with E-state index in [2.05, 4.69) is 10.2 Å². The first-order chi connectivity index (χ1) is 14.1. The summed E-state index contributed by atoms with van der Waals surface area (Å²) in [6, 6.07) is 25.0. The number of halogens is 1. The average Bonchev–Trinajstić information content (AvgIpc) is 3.13. The van der Waals surface area contributed by atoms with Crippen molar-refractivity contribution in [2.45, 2.75) is 10.4 Å². The number of carbonyl (C=O) groups excluding carboxylic acids is 1. The van der Waals surface area contributed by atoms with Crippen molar-refractivity contribution in [1.29, 1.82) is 0 Å². The molecule has 0 saturated carbocycles. The van der Waals surface area contributed by atoms with Gasteiger partial charge >= 0.3 is 0 Å². The van der Waals surface area contributed by atoms with Gasteiger partial charge in [0.15, 0.2) is 16.8 Å². The van der Waals surface area contributed by atoms with E-state index in [0.717, 1.165) is 11.1 Å². The highest BCUT2D eigenvalue weighted by atomic mass is 32.2. The molecule has 0 fully saturated rings. The molecule has 0 aliphatic heterocycles. The lowest BCUT2D eigenvalue weighted by Crippen LogP contribution is -2.11. The van der Waals surface area contributed by atoms with Crippen molar-refractivity contribution in [3.8, 4) is 11.4 Å². The van der Waals surface area contributed by atoms with Crippen LogP contribution in [0, 0.1) is 5.82 Å². The van der Waals surface area contributed by atoms with Crippen LogP contribution < -0.4 is 0 Å². The molecule has 4 rings (SSSR count). The van der Waals surface area contributed by atoms with E-state index < -0.39 is 5.25 Å². The van der Waals surface area contributed by atoms with Crippen LogP contribution in [-0.2, 0) is 7.05 Å². The van der Waals surface area contributed by atoms with Gasteiger partial charge in [-0.2, -0.15) is 0 Å². The summed E-state index contributed by atoms with van der Waals surface area (Å²) in [4.78, 5) is 13.3. The quantitative estimate of drug-likeness (QED) is 0.322. The molecule has 0 spiro atoms. The summed E-state index contributed by atoms with van der Waals surface area (Å²) in [7, 11) is 1.84. The summed E-state index contributed by atoms with van der Waals surface area (Å²) in [5, 5.41) is 8.70. The molecule has 0 aliphatic carbocycles. The Bertz CT molecular complexity index is 1110. The van der Waals surface area contributed by atoms with Gasteiger partial charge in [-0.15, -0.1) is 10.2 Å². The predicted octanol–water partition coefficient (Wildman–Crippen LogP) is 5.34. The Hall–Kier alpha value is -3.25. The van der Waals surface area contributed by atoms with Crippen LogP contribution in [0.3, 0.4) is 0 Å². The van der Waals surface area contributed by atoms with Gasteiger partial charge in [0, 0.05) is 18.2 Å². The Balaban J connectivity index is 1.68. The molecule has 4 nitrogen and oxygen atoms in total. The van der Waals surface area contributed by atoms with E-state index in [1.807, 2.05) is 72.3 Å². The lowest BCUT2D eigenvalue weighted by atomic mass is 10.0. The number of ketones is 1. The zero-order valence-corrected chi connectivity index (χ0v) is 16.5. The number of aromatic nitrogens is 3. The van der Waals surface area contributed by atoms with Crippen LogP contribution in [0.15, 0.2) is 90.1 Å². The van der Waals surface area contributed by atoms with Crippen LogP contribution in [0.5, 0.6) is 0 Å². The SMILES string of the molecule is Cn1c(S[C@H](C(=O)c2ccccc2)c2ccccc2)nnc1-c1ccc(F)cc1. The van der Waals surface area contributed by atoms with Gasteiger partial charge in [-0.25, -0.2) is 4.39 Å². The maximum atomic E-state index is 13.3. The molecular formula is C23H18FN3OS. The molecule has 0 unspecified atom stereocenters. The minimum Gasteiger partial charge on any atom is -0.305 e. The molecule has 0 radical (unpaired) electrons. The number of nitrogens with zero attached hydrogens (tertiary/aromatic N) is 3. The third-order valence-electron chi connectivity index (χ3n) is 4.56. The number of benzene rings is 3. The van der Waals surface area contributed by atoms with Gasteiger partial charge < -0.3 is 4.57 Å². The van der Waals surface area contributed by atoms with Gasteiger partial charge in [-0.05, 0) is 29.8 Å². The highest BCUT2D eigenvalue weighted by Crippen LogP contribution is 2.37. The number of Topliss-reactive ketones (excluding diaryl/α,β-unsaturated/α-hetero) is 1. The number of thioether (sulfide) groups is 1. The fourth-order valence-corrected chi connectivity index (χ4v) is 4.11. The zero-order valence-electron chi connectivity index (χ0n) is 15.7. The van der Waals surface area contributed by atoms with E-state index in [9.17, 15) is 9.18 Å². The molecule has 1 aromatic heterocycles. The van der Waals surface area contributed by atoms with E-state index in [1.54, 1.807) is 12.1 Å². The van der Waals surface area contributed by atoms with Crippen molar-refractivity contribution >= 4 is 17.5 Å². The first kappa shape index (κ1) is 19.1. The molecular weight excluding hydrogens is 385 g/mol. The van der Waals surface area contributed by atoms with Gasteiger partial charge in [-0.3, -0.25) is 4.79 Å². The van der Waals surface area contributed by atoms with Gasteiger partial charge in [0.1, 0.15) is 11.1 Å². The highest BCUT2D eigenvalue weighted by molar-refractivity contribution is 8.00. The topological polar surface area (TPSA) is 47.8 Å². The summed E-state index contributed by atoms with van der Waals surface area (Å²) >= 11 is 1.36. The third-order valence-corrected chi connectivity index (χ3v) is 5.85. The van der Waals surface area contributed by atoms with Crippen LogP contribution in [0.1, 0.15) is 21.2 Å². The normalized spacial score (nSPS) is 11.9. The lowest BCUT2D eigenvalue weighted by Gasteiger charge is -2.15. The number of hydrogen-bond donors (Lipinski definition) is 0. The van der Waals surface area contributed by atoms with E-state index in [4.69, 9.17) is 0 Å². The molecule has 0 aliphatic rings. The molecule has 1 heterocycles. The molecule has 144 valence electrons. The minimum absolute atomic E-state index is 0.00753. The van der Waals surface area contributed by atoms with Gasteiger partial charge in [0.25, 0.3) is 0 Å². The Labute approximate surface area is 172 Å². The maximum absolute atomic E-state index is 13.3. The fraction of sp³-hybridized carbons (Fsp3) is 0.0870. The van der Waals surface area contributed by atoms with Crippen molar-refractivity contribution in [3.05, 3.63) is 102 Å². The zero-order chi connectivity index (χ0) is 20.2. The molecule has 0 N–H and O–H groups in total. The molecule has 1 atom stereocenters. The molecule has 6 heteroatoms. The van der Waals surface area contributed by atoms with Gasteiger partial charge in [0.2, 0.25) is 0 Å². The van der Waals surface area contributed by atoms with Crippen molar-refractivity contribution in [1.82, 2.24) is 14.8 Å². The Morgan fingerprint density at radius 3 is 2.17 bits per heavy atom. The van der Waals surface area contributed by atoms with Gasteiger partial charge in [-0.1, -0.05) is 72.4 Å². The van der Waals surface area contributed by atoms with E-state index in [1.165, 1.54) is 23.9 Å². The smallest absolute Gasteiger partial charge is 0.192 e. The number of rotatable bonds is 6. The lowest BCUT2D eigenvalue weighted by molar-refractivity contribution is 0.0989. The van der Waals surface area contributed by atoms with E-state index >= 15 is 0 Å². The Morgan fingerprint density at radius 1 is 0.897 bits per heavy atom. The summed E-state index contributed by atoms with van der Waals surface area (Å²) in [5.41, 5.74) is 2.31. The fourth-order valence-electron chi connectivity index (χ4n) is 3.03. The molecule has 0 amide bonds. The highest BCUT2D eigenvalue weighted by Gasteiger charge is 2.26. The predicted molar refractivity (Wildman–Crippen MR) is 112 cm³/mol. The van der Waals surface area contributed by atoms with Crippen LogP contribution in [0.4, 0.5) is 4.39 Å². The Morgan fingerprint density at radius 2 is 1.52 bits per heavy atom. The molecule has 0 bridgehead atoms. The van der Waals surface area contributed by atoms with Crippen LogP contribution in [0.2, 0.25) is 0 Å². The molecule has 0 saturated heterocycles. The summed E-state index contributed by atoms with van der Waals surface area (Å²) < 4.78 is 15.1. The van der Waals surface area contributed by atoms with E-state index in [-0.39, 0.29) is 11.6 Å². The second kappa shape index (κ2) is 8.41. The minimum atomic E-state index is -0.456. The van der Waals surface area contributed by atoms with Crippen LogP contribution in [-0.4, -0.2) is 20.5 Å². The largest absolute Gasteiger partial charge is 0.305 e. The molecule has 29 heavy (non-hydrogen) atoms. The monoisotopic (exact) mass is 403 g/mol. The number of carbonyl (C=O) groups is 1. The standard InChI is InChI=1S/C23H18FN3OS/c1-27-22(18-12-14-19(24)15-13-18)25-26-23(27)29-21(17-10-6-3-7-11-17)20(28)16-8-4-2-5-9-16/h2-15,21H,1H3/t21-/m0/s1. The second-order valence-electron chi connectivity index (χ2n) is 6.51. The average molecular weight is 403 g/mol. The molecule has 3 aromatic carbocycles. The summed E-state index contributed by atoms with van der Waals surface area (Å²) in [6.07, 6.45) is 0. The van der Waals surface area contributed by atoms with Crippen molar-refractivity contribution in [2.75, 3.05) is 0 Å². The second-order valence-corrected chi connectivity index (χ2v) is 7.58. The summed E-state index contributed by atoms with van der Waals surface area (Å²) in [6.45, 7) is 0. The molecule has 4 aromatic rings. The van der Waals surface area contributed by atoms with Gasteiger partial charge in [0.05, 0.1) is 0 Å². The first-order valence-electron chi connectivity index (χ1n) is 9.09. The Kier molecular flexibility index (Phi) is 5.53. The van der Waals surface area contributed by atoms with Crippen molar-refractivity contribution in [2.24, 2.45) is 7.05 Å². The van der Waals surface area contributed by atoms with Crippen molar-refractivity contribution < 1.29 is 9.18 Å². The van der Waals surface area contributed by atoms with Crippen molar-refractivity contribution in [3.63, 3.8) is 0 Å². The van der Waals surface area contributed by atoms with Crippen LogP contribution in [0.25, 0.3) is 11.4 Å². The first-order valence-corrected chi connectivity index (χ1v) is 9.97. The van der Waals surface area contributed by atoms with E-state index in [0.29, 0.717) is 16.5 Å². The van der Waals surface area contributed by atoms with Crippen LogP contribution >= 0.6 is 11.8 Å². The maximum Gasteiger partial charge on any atom is 0.192 e.